The van der Waals surface area contributed by atoms with Gasteiger partial charge < -0.3 is 101 Å². The van der Waals surface area contributed by atoms with Gasteiger partial charge in [0.15, 0.2) is 12.1 Å². The van der Waals surface area contributed by atoms with Crippen LogP contribution >= 0.6 is 0 Å². The number of carbonyl (C=O) groups is 12. The van der Waals surface area contributed by atoms with E-state index >= 15 is 9.59 Å². The maximum Gasteiger partial charge on any atom is 0.248 e. The summed E-state index contributed by atoms with van der Waals surface area (Å²) in [5, 5.41) is 81.4. The number of hydrogen-bond acceptors (Lipinski definition) is 19. The fourth-order valence-electron chi connectivity index (χ4n) is 9.80. The van der Waals surface area contributed by atoms with E-state index in [1.165, 1.54) is 50.5 Å². The lowest BCUT2D eigenvalue weighted by Gasteiger charge is -2.34. The Balaban J connectivity index is 2.44. The van der Waals surface area contributed by atoms with Crippen molar-refractivity contribution >= 4 is 84.9 Å². The Hall–Kier alpha value is -8.70. The molecule has 1 aromatic carbocycles. The van der Waals surface area contributed by atoms with E-state index in [1.807, 2.05) is 25.0 Å². The number of carbonyl (C=O) groups excluding carboxylic acids is 12. The van der Waals surface area contributed by atoms with Crippen molar-refractivity contribution in [2.45, 2.75) is 191 Å². The Morgan fingerprint density at radius 2 is 1.27 bits per heavy atom. The van der Waals surface area contributed by atoms with Gasteiger partial charge in [0.2, 0.25) is 70.9 Å². The number of aliphatic hydroxyl groups is 4. The number of aromatic nitrogens is 1. The highest BCUT2D eigenvalue weighted by Gasteiger charge is 2.43. The smallest absolute Gasteiger partial charge is 0.248 e. The standard InChI is InChI=1S/C60H97N17O16Si/c1-11-31(6)41-56(90)74-42(32(7)79)55(89)67-26-40(80)72-46(48(82)49(62)83)59(93)71-39(27-78)54(88)75-43(34-18-13-12-14-19-34)44(76-53(87)38(24-33-17-15-21-65-25-33)69-50(84)35(61)28-94(8,9)10)57(91)77-45(47(81)30(4)5)58(92)70-37(23-29(2)3)52(86)68-36(51(85)73-41)20-16-22-66-60(63)64/h12-15,17-19,21,25,29-32,35-39,41-48,78-79,81-82H,11,16,20,22-24,26-28,61H2,1-10H3,(H2,62,83)(H,67,89)(H,68,86)(H,69,84)(H,70,92)(H,71,93)(H,72,80)(H,73,85)(H,74,90)(H,75,88)(H,76,87)(H,77,91)(H4,63,64,66)/t31-,32-,35+,36+,37-,38-,39-,41-,42-,43+,44-,45-,46-,47+,48-/m0/s1. The molecule has 23 N–H and O–H groups in total. The lowest BCUT2D eigenvalue weighted by atomic mass is 9.94. The molecule has 522 valence electrons. The van der Waals surface area contributed by atoms with E-state index in [9.17, 15) is 68.4 Å². The SMILES string of the molecule is CC[C@H](C)[C@@H]1NC(=O)[C@@H](CCCNC(=N)N)NC(=O)[C@H](CC(C)C)NC(=O)[C@H]([C@H](O)C(C)C)NC(=O)[C@@H](NC(=O)[C@H](Cc2cccnc2)NC(=O)[C@H](N)C[Si](C)(C)C)[C@@H](c2ccccc2)NC(=O)[C@H](CO)NC(=O)[C@H]([C@H](O)C(N)=O)NC(=O)CNC(=O)[C@H]([C@H](C)O)NC1=O. The van der Waals surface area contributed by atoms with Crippen LogP contribution in [0, 0.1) is 23.2 Å². The van der Waals surface area contributed by atoms with Crippen LogP contribution in [0.15, 0.2) is 54.9 Å². The number of benzene rings is 1. The van der Waals surface area contributed by atoms with Crippen LogP contribution in [0.1, 0.15) is 91.3 Å². The Morgan fingerprint density at radius 1 is 0.691 bits per heavy atom. The summed E-state index contributed by atoms with van der Waals surface area (Å²) in [4.78, 5) is 176. The Morgan fingerprint density at radius 3 is 1.82 bits per heavy atom. The molecule has 0 bridgehead atoms. The van der Waals surface area contributed by atoms with Crippen molar-refractivity contribution in [3.05, 3.63) is 66.0 Å². The topological polar surface area (TPSA) is 545 Å². The summed E-state index contributed by atoms with van der Waals surface area (Å²) in [6.07, 6.45) is -3.53. The molecule has 0 radical (unpaired) electrons. The van der Waals surface area contributed by atoms with Gasteiger partial charge in [-0.2, -0.15) is 0 Å². The number of primary amides is 1. The second-order valence-corrected chi connectivity index (χ2v) is 30.8. The number of hydrogen-bond donors (Lipinski definition) is 20. The number of nitrogens with two attached hydrogens (primary N) is 3. The molecule has 1 aliphatic rings. The first-order valence-electron chi connectivity index (χ1n) is 31.0. The average Bonchev–Trinajstić information content (AvgIpc) is 0.965. The van der Waals surface area contributed by atoms with Gasteiger partial charge in [0.1, 0.15) is 54.4 Å². The fraction of sp³-hybridized carbons (Fsp3) is 0.600. The number of guanidine groups is 1. The van der Waals surface area contributed by atoms with Crippen molar-refractivity contribution in [3.8, 4) is 0 Å². The van der Waals surface area contributed by atoms with Crippen molar-refractivity contribution in [2.75, 3.05) is 19.7 Å². The summed E-state index contributed by atoms with van der Waals surface area (Å²) in [7, 11) is -2.03. The number of nitrogens with zero attached hydrogens (tertiary/aromatic N) is 1. The third-order valence-corrected chi connectivity index (χ3v) is 16.9. The van der Waals surface area contributed by atoms with E-state index in [0.29, 0.717) is 5.56 Å². The maximum absolute atomic E-state index is 15.5. The minimum absolute atomic E-state index is 0.0125. The van der Waals surface area contributed by atoms with E-state index in [0.717, 1.165) is 6.92 Å². The van der Waals surface area contributed by atoms with Crippen LogP contribution < -0.4 is 81.0 Å². The second-order valence-electron chi connectivity index (χ2n) is 25.3. The molecule has 0 spiro atoms. The zero-order chi connectivity index (χ0) is 70.9. The molecule has 12 amide bonds. The fourth-order valence-corrected chi connectivity index (χ4v) is 11.3. The molecule has 0 saturated carbocycles. The van der Waals surface area contributed by atoms with Gasteiger partial charge in [0.25, 0.3) is 0 Å². The van der Waals surface area contributed by atoms with Gasteiger partial charge >= 0.3 is 0 Å². The first kappa shape index (κ1) is 79.5. The predicted molar refractivity (Wildman–Crippen MR) is 345 cm³/mol. The minimum atomic E-state index is -2.57. The van der Waals surface area contributed by atoms with Crippen LogP contribution in [0.4, 0.5) is 0 Å². The van der Waals surface area contributed by atoms with Crippen molar-refractivity contribution < 1.29 is 78.0 Å². The first-order valence-corrected chi connectivity index (χ1v) is 34.7. The van der Waals surface area contributed by atoms with Gasteiger partial charge in [-0.3, -0.25) is 67.9 Å². The van der Waals surface area contributed by atoms with Gasteiger partial charge in [-0.25, -0.2) is 0 Å². The number of rotatable bonds is 23. The van der Waals surface area contributed by atoms with E-state index in [1.54, 1.807) is 45.9 Å². The van der Waals surface area contributed by atoms with Crippen molar-refractivity contribution in [1.82, 2.24) is 68.8 Å². The quantitative estimate of drug-likeness (QED) is 0.0213. The molecule has 33 nitrogen and oxygen atoms in total. The van der Waals surface area contributed by atoms with Crippen molar-refractivity contribution in [3.63, 3.8) is 0 Å². The molecule has 15 atom stereocenters. The first-order chi connectivity index (χ1) is 44.0. The van der Waals surface area contributed by atoms with E-state index in [-0.39, 0.29) is 50.3 Å². The minimum Gasteiger partial charge on any atom is -0.394 e. The summed E-state index contributed by atoms with van der Waals surface area (Å²) in [5.74, 6) is -16.7. The second kappa shape index (κ2) is 37.9. The summed E-state index contributed by atoms with van der Waals surface area (Å²) in [5.41, 5.74) is 17.7. The molecule has 94 heavy (non-hydrogen) atoms. The molecule has 1 fully saturated rings. The third kappa shape index (κ3) is 25.7. The lowest BCUT2D eigenvalue weighted by Crippen LogP contribution is -2.65. The largest absolute Gasteiger partial charge is 0.394 e. The van der Waals surface area contributed by atoms with Crippen molar-refractivity contribution in [1.29, 1.82) is 5.41 Å². The van der Waals surface area contributed by atoms with Gasteiger partial charge in [-0.15, -0.1) is 0 Å². The molecule has 0 aliphatic carbocycles. The average molecular weight is 1340 g/mol. The summed E-state index contributed by atoms with van der Waals surface area (Å²) in [6, 6.07) is -8.92. The van der Waals surface area contributed by atoms with Crippen LogP contribution in [-0.2, 0) is 64.0 Å². The van der Waals surface area contributed by atoms with Crippen LogP contribution in [0.25, 0.3) is 0 Å². The predicted octanol–water partition coefficient (Wildman–Crippen LogP) is -5.77. The highest BCUT2D eigenvalue weighted by molar-refractivity contribution is 6.76. The van der Waals surface area contributed by atoms with Crippen LogP contribution in [0.5, 0.6) is 0 Å². The normalized spacial score (nSPS) is 24.2. The van der Waals surface area contributed by atoms with Crippen LogP contribution in [0.2, 0.25) is 25.7 Å². The van der Waals surface area contributed by atoms with Gasteiger partial charge in [0, 0.05) is 33.4 Å². The Kier molecular flexibility index (Phi) is 32.0. The summed E-state index contributed by atoms with van der Waals surface area (Å²) < 4.78 is 0. The van der Waals surface area contributed by atoms with Gasteiger partial charge in [-0.1, -0.05) is 104 Å². The van der Waals surface area contributed by atoms with Crippen LogP contribution in [-0.4, -0.2) is 209 Å². The molecule has 2 heterocycles. The van der Waals surface area contributed by atoms with Crippen LogP contribution in [0.3, 0.4) is 0 Å². The molecule has 3 rings (SSSR count). The molecule has 34 heteroatoms. The third-order valence-electron chi connectivity index (χ3n) is 15.2. The number of pyridine rings is 1. The Labute approximate surface area is 546 Å². The van der Waals surface area contributed by atoms with E-state index in [2.05, 4.69) is 63.5 Å². The number of aliphatic hydroxyl groups excluding tert-OH is 4. The summed E-state index contributed by atoms with van der Waals surface area (Å²) >= 11 is 0. The van der Waals surface area contributed by atoms with Crippen molar-refractivity contribution in [2.24, 2.45) is 35.0 Å². The lowest BCUT2D eigenvalue weighted by molar-refractivity contribution is -0.140. The number of nitrogens with one attached hydrogen (secondary N) is 13. The molecule has 2 aromatic rings. The zero-order valence-electron chi connectivity index (χ0n) is 54.7. The van der Waals surface area contributed by atoms with E-state index in [4.69, 9.17) is 22.6 Å². The molecular formula is C60H97N17O16Si. The number of amides is 12. The van der Waals surface area contributed by atoms with Gasteiger partial charge in [-0.05, 0) is 67.2 Å². The summed E-state index contributed by atoms with van der Waals surface area (Å²) in [6.45, 7) is 14.3. The highest BCUT2D eigenvalue weighted by Crippen LogP contribution is 2.21. The Bertz CT molecular complexity index is 2940. The molecule has 1 saturated heterocycles. The molecule has 0 unspecified atom stereocenters. The molecular weight excluding hydrogens is 1240 g/mol. The zero-order valence-corrected chi connectivity index (χ0v) is 55.7. The highest BCUT2D eigenvalue weighted by atomic mass is 28.3. The monoisotopic (exact) mass is 1340 g/mol. The molecule has 1 aliphatic heterocycles. The molecule has 1 aromatic heterocycles. The van der Waals surface area contributed by atoms with Gasteiger partial charge in [0.05, 0.1) is 37.4 Å². The van der Waals surface area contributed by atoms with E-state index < -0.39 is 201 Å². The maximum atomic E-state index is 15.5.